The summed E-state index contributed by atoms with van der Waals surface area (Å²) in [5.41, 5.74) is 2.96. The number of nitrogens with zero attached hydrogens (tertiary/aromatic N) is 3. The van der Waals surface area contributed by atoms with Crippen molar-refractivity contribution in [3.8, 4) is 16.9 Å². The maximum absolute atomic E-state index is 13.1. The molecule has 0 aliphatic rings. The number of rotatable bonds is 4. The summed E-state index contributed by atoms with van der Waals surface area (Å²) in [5.74, 6) is -0.664. The molecule has 31 heavy (non-hydrogen) atoms. The van der Waals surface area contributed by atoms with Crippen molar-refractivity contribution in [2.75, 3.05) is 5.06 Å². The molecule has 8 heteroatoms. The highest BCUT2D eigenvalue weighted by Gasteiger charge is 2.26. The maximum Gasteiger partial charge on any atom is 0.302 e. The second kappa shape index (κ2) is 8.73. The van der Waals surface area contributed by atoms with E-state index >= 15 is 0 Å². The highest BCUT2D eigenvalue weighted by Crippen LogP contribution is 2.33. The van der Waals surface area contributed by atoms with E-state index in [0.29, 0.717) is 42.8 Å². The Kier molecular flexibility index (Phi) is 6.03. The first kappa shape index (κ1) is 21.4. The van der Waals surface area contributed by atoms with E-state index in [9.17, 15) is 10.0 Å². The van der Waals surface area contributed by atoms with Gasteiger partial charge in [0.05, 0.1) is 22.1 Å². The average Bonchev–Trinajstić information content (AvgIpc) is 3.10. The predicted octanol–water partition coefficient (Wildman–Crippen LogP) is 6.84. The molecular weight excluding hydrogens is 457 g/mol. The molecule has 1 aromatic heterocycles. The van der Waals surface area contributed by atoms with E-state index in [2.05, 4.69) is 5.10 Å². The van der Waals surface area contributed by atoms with Crippen LogP contribution in [0.15, 0.2) is 72.8 Å². The summed E-state index contributed by atoms with van der Waals surface area (Å²) < 4.78 is 1.57. The molecule has 0 saturated heterocycles. The molecule has 5 nitrogen and oxygen atoms in total. The third-order valence-corrected chi connectivity index (χ3v) is 5.56. The summed E-state index contributed by atoms with van der Waals surface area (Å²) in [7, 11) is 0. The van der Waals surface area contributed by atoms with Gasteiger partial charge in [0.25, 0.3) is 0 Å². The van der Waals surface area contributed by atoms with Crippen LogP contribution in [0.4, 0.5) is 5.69 Å². The fourth-order valence-electron chi connectivity index (χ4n) is 3.26. The molecule has 0 aliphatic carbocycles. The van der Waals surface area contributed by atoms with Crippen molar-refractivity contribution in [2.24, 2.45) is 0 Å². The molecule has 0 radical (unpaired) electrons. The molecule has 0 atom stereocenters. The molecule has 4 aromatic rings. The molecule has 1 amide bonds. The minimum absolute atomic E-state index is 0.0855. The lowest BCUT2D eigenvalue weighted by atomic mass is 10.1. The molecule has 0 spiro atoms. The molecule has 0 bridgehead atoms. The molecule has 156 valence electrons. The lowest BCUT2D eigenvalue weighted by molar-refractivity contribution is 0.0848. The van der Waals surface area contributed by atoms with Crippen molar-refractivity contribution in [2.45, 2.75) is 6.92 Å². The zero-order chi connectivity index (χ0) is 22.1. The van der Waals surface area contributed by atoms with Gasteiger partial charge in [-0.2, -0.15) is 10.2 Å². The topological polar surface area (TPSA) is 58.4 Å². The van der Waals surface area contributed by atoms with Gasteiger partial charge in [0, 0.05) is 21.2 Å². The first-order chi connectivity index (χ1) is 14.9. The van der Waals surface area contributed by atoms with Gasteiger partial charge in [0.15, 0.2) is 5.69 Å². The minimum atomic E-state index is -0.664. The van der Waals surface area contributed by atoms with E-state index < -0.39 is 5.91 Å². The van der Waals surface area contributed by atoms with Gasteiger partial charge in [-0.25, -0.2) is 4.68 Å². The van der Waals surface area contributed by atoms with Gasteiger partial charge in [-0.05, 0) is 49.4 Å². The Bertz CT molecular complexity index is 1260. The Balaban J connectivity index is 1.90. The number of carbonyl (C=O) groups excluding carboxylic acids is 1. The largest absolute Gasteiger partial charge is 0.302 e. The first-order valence-corrected chi connectivity index (χ1v) is 10.4. The van der Waals surface area contributed by atoms with Crippen LogP contribution in [0.2, 0.25) is 15.1 Å². The smallest absolute Gasteiger partial charge is 0.281 e. The third-order valence-electron chi connectivity index (χ3n) is 4.77. The number of aromatic nitrogens is 2. The molecule has 0 fully saturated rings. The number of hydroxylamine groups is 1. The van der Waals surface area contributed by atoms with Crippen molar-refractivity contribution in [1.29, 1.82) is 0 Å². The Morgan fingerprint density at radius 3 is 2.23 bits per heavy atom. The standard InChI is InChI=1S/C23H16Cl3N3O2/c1-14-21(23(30)29(31)18-5-3-2-4-6-18)27-28(20-12-11-17(25)13-19(20)26)22(14)15-7-9-16(24)10-8-15/h2-13,31H,1H3. The van der Waals surface area contributed by atoms with Crippen LogP contribution in [0.1, 0.15) is 16.1 Å². The fourth-order valence-corrected chi connectivity index (χ4v) is 3.87. The SMILES string of the molecule is Cc1c(C(=O)N(O)c2ccccc2)nn(-c2ccc(Cl)cc2Cl)c1-c1ccc(Cl)cc1. The molecule has 1 heterocycles. The highest BCUT2D eigenvalue weighted by atomic mass is 35.5. The molecule has 0 unspecified atom stereocenters. The number of hydrogen-bond donors (Lipinski definition) is 1. The lowest BCUT2D eigenvalue weighted by Gasteiger charge is -2.13. The molecule has 1 N–H and O–H groups in total. The van der Waals surface area contributed by atoms with E-state index in [0.717, 1.165) is 5.56 Å². The van der Waals surface area contributed by atoms with Gasteiger partial charge in [-0.3, -0.25) is 10.0 Å². The van der Waals surface area contributed by atoms with E-state index in [1.54, 1.807) is 72.3 Å². The fraction of sp³-hybridized carbons (Fsp3) is 0.0435. The zero-order valence-corrected chi connectivity index (χ0v) is 18.5. The molecular formula is C23H16Cl3N3O2. The highest BCUT2D eigenvalue weighted by molar-refractivity contribution is 6.35. The van der Waals surface area contributed by atoms with Crippen LogP contribution in [0.25, 0.3) is 16.9 Å². The van der Waals surface area contributed by atoms with E-state index in [1.165, 1.54) is 0 Å². The van der Waals surface area contributed by atoms with E-state index in [1.807, 2.05) is 12.1 Å². The van der Waals surface area contributed by atoms with Crippen LogP contribution in [-0.4, -0.2) is 20.9 Å². The molecule has 3 aromatic carbocycles. The summed E-state index contributed by atoms with van der Waals surface area (Å²) >= 11 is 18.5. The number of para-hydroxylation sites is 1. The van der Waals surface area contributed by atoms with Crippen LogP contribution < -0.4 is 5.06 Å². The number of halogens is 3. The Labute approximate surface area is 194 Å². The van der Waals surface area contributed by atoms with E-state index in [-0.39, 0.29) is 5.69 Å². The van der Waals surface area contributed by atoms with Crippen molar-refractivity contribution in [3.63, 3.8) is 0 Å². The van der Waals surface area contributed by atoms with Gasteiger partial charge >= 0.3 is 5.91 Å². The van der Waals surface area contributed by atoms with Crippen molar-refractivity contribution in [3.05, 3.63) is 99.1 Å². The summed E-state index contributed by atoms with van der Waals surface area (Å²) in [5, 5.41) is 17.0. The number of anilines is 1. The van der Waals surface area contributed by atoms with Gasteiger partial charge in [-0.1, -0.05) is 65.1 Å². The van der Waals surface area contributed by atoms with Gasteiger partial charge < -0.3 is 0 Å². The van der Waals surface area contributed by atoms with Gasteiger partial charge in [-0.15, -0.1) is 0 Å². The molecule has 4 rings (SSSR count). The quantitative estimate of drug-likeness (QED) is 0.261. The maximum atomic E-state index is 13.1. The van der Waals surface area contributed by atoms with Crippen LogP contribution >= 0.6 is 34.8 Å². The summed E-state index contributed by atoms with van der Waals surface area (Å²) in [4.78, 5) is 13.1. The second-order valence-electron chi connectivity index (χ2n) is 6.79. The van der Waals surface area contributed by atoms with Crippen LogP contribution in [-0.2, 0) is 0 Å². The molecule has 0 aliphatic heterocycles. The predicted molar refractivity (Wildman–Crippen MR) is 124 cm³/mol. The number of hydrogen-bond acceptors (Lipinski definition) is 3. The monoisotopic (exact) mass is 471 g/mol. The average molecular weight is 473 g/mol. The third kappa shape index (κ3) is 4.18. The van der Waals surface area contributed by atoms with Crippen LogP contribution in [0.5, 0.6) is 0 Å². The van der Waals surface area contributed by atoms with Crippen molar-refractivity contribution in [1.82, 2.24) is 9.78 Å². The lowest BCUT2D eigenvalue weighted by Crippen LogP contribution is -2.28. The summed E-state index contributed by atoms with van der Waals surface area (Å²) in [6.07, 6.45) is 0. The van der Waals surface area contributed by atoms with Crippen molar-refractivity contribution >= 4 is 46.4 Å². The Hall–Kier alpha value is -2.83. The van der Waals surface area contributed by atoms with Crippen LogP contribution in [0, 0.1) is 6.92 Å². The number of benzene rings is 3. The number of carbonyl (C=O) groups is 1. The second-order valence-corrected chi connectivity index (χ2v) is 8.07. The van der Waals surface area contributed by atoms with E-state index in [4.69, 9.17) is 34.8 Å². The van der Waals surface area contributed by atoms with Gasteiger partial charge in [0.1, 0.15) is 0 Å². The summed E-state index contributed by atoms with van der Waals surface area (Å²) in [6.45, 7) is 1.77. The Morgan fingerprint density at radius 2 is 1.58 bits per heavy atom. The Morgan fingerprint density at radius 1 is 0.935 bits per heavy atom. The normalized spacial score (nSPS) is 10.9. The number of amides is 1. The minimum Gasteiger partial charge on any atom is -0.281 e. The zero-order valence-electron chi connectivity index (χ0n) is 16.3. The van der Waals surface area contributed by atoms with Crippen molar-refractivity contribution < 1.29 is 10.0 Å². The van der Waals surface area contributed by atoms with Gasteiger partial charge in [0.2, 0.25) is 0 Å². The summed E-state index contributed by atoms with van der Waals surface area (Å²) in [6, 6.07) is 20.7. The molecule has 0 saturated carbocycles. The first-order valence-electron chi connectivity index (χ1n) is 9.26. The van der Waals surface area contributed by atoms with Crippen LogP contribution in [0.3, 0.4) is 0 Å².